The van der Waals surface area contributed by atoms with Crippen molar-refractivity contribution in [3.05, 3.63) is 105 Å². The van der Waals surface area contributed by atoms with Crippen LogP contribution in [0.15, 0.2) is 82.7 Å². The Hall–Kier alpha value is -3.77. The first-order valence-electron chi connectivity index (χ1n) is 12.0. The van der Waals surface area contributed by atoms with E-state index in [0.29, 0.717) is 46.7 Å². The first kappa shape index (κ1) is 23.9. The molecule has 0 saturated carbocycles. The van der Waals surface area contributed by atoms with Crippen molar-refractivity contribution in [3.8, 4) is 5.69 Å². The average molecular weight is 500 g/mol. The maximum atomic E-state index is 13.6. The van der Waals surface area contributed by atoms with Gasteiger partial charge in [0.2, 0.25) is 0 Å². The van der Waals surface area contributed by atoms with E-state index >= 15 is 0 Å². The van der Waals surface area contributed by atoms with Crippen molar-refractivity contribution in [2.75, 3.05) is 0 Å². The van der Waals surface area contributed by atoms with Crippen LogP contribution in [0.5, 0.6) is 0 Å². The Kier molecular flexibility index (Phi) is 6.70. The largest absolute Gasteiger partial charge is 0.384 e. The maximum absolute atomic E-state index is 13.6. The number of aryl methyl sites for hydroxylation is 1. The molecule has 2 heterocycles. The second kappa shape index (κ2) is 10.1. The first-order chi connectivity index (χ1) is 17.5. The van der Waals surface area contributed by atoms with Crippen LogP contribution in [0.2, 0.25) is 5.02 Å². The summed E-state index contributed by atoms with van der Waals surface area (Å²) >= 11 is 6.07. The molecular weight excluding hydrogens is 474 g/mol. The van der Waals surface area contributed by atoms with E-state index in [9.17, 15) is 9.59 Å². The number of rotatable bonds is 8. The topological polar surface area (TPSA) is 73.5 Å². The van der Waals surface area contributed by atoms with Gasteiger partial charge in [-0.2, -0.15) is 0 Å². The lowest BCUT2D eigenvalue weighted by molar-refractivity contribution is -0.107. The molecule has 0 spiro atoms. The number of hydrogen-bond donors (Lipinski definition) is 0. The zero-order chi connectivity index (χ0) is 25.1. The Morgan fingerprint density at radius 3 is 2.58 bits per heavy atom. The van der Waals surface area contributed by atoms with E-state index in [2.05, 4.69) is 5.16 Å². The number of aldehydes is 1. The van der Waals surface area contributed by atoms with E-state index < -0.39 is 5.60 Å². The molecule has 0 saturated heterocycles. The van der Waals surface area contributed by atoms with Crippen molar-refractivity contribution in [1.82, 2.24) is 9.55 Å². The zero-order valence-electron chi connectivity index (χ0n) is 20.0. The third-order valence-electron chi connectivity index (χ3n) is 6.58. The molecule has 6 nitrogen and oxygen atoms in total. The summed E-state index contributed by atoms with van der Waals surface area (Å²) in [5, 5.41) is 5.51. The van der Waals surface area contributed by atoms with E-state index in [1.54, 1.807) is 16.7 Å². The number of oxime groups is 1. The van der Waals surface area contributed by atoms with Crippen LogP contribution in [-0.2, 0) is 21.7 Å². The molecule has 7 heteroatoms. The molecule has 0 amide bonds. The van der Waals surface area contributed by atoms with Crippen molar-refractivity contribution in [3.63, 3.8) is 0 Å². The van der Waals surface area contributed by atoms with E-state index in [4.69, 9.17) is 21.4 Å². The highest BCUT2D eigenvalue weighted by Gasteiger charge is 2.36. The highest BCUT2D eigenvalue weighted by molar-refractivity contribution is 6.30. The summed E-state index contributed by atoms with van der Waals surface area (Å²) in [4.78, 5) is 35.2. The van der Waals surface area contributed by atoms with Crippen molar-refractivity contribution in [1.29, 1.82) is 0 Å². The Morgan fingerprint density at radius 2 is 1.83 bits per heavy atom. The molecule has 1 unspecified atom stereocenters. The van der Waals surface area contributed by atoms with Gasteiger partial charge in [0.05, 0.1) is 22.3 Å². The van der Waals surface area contributed by atoms with Gasteiger partial charge in [-0.25, -0.2) is 4.98 Å². The molecule has 0 radical (unpaired) electrons. The molecular formula is C29H26ClN3O3. The first-order valence-corrected chi connectivity index (χ1v) is 12.4. The van der Waals surface area contributed by atoms with Gasteiger partial charge in [-0.3, -0.25) is 9.36 Å². The number of halogens is 1. The summed E-state index contributed by atoms with van der Waals surface area (Å²) in [7, 11) is 0. The molecule has 5 rings (SSSR count). The quantitative estimate of drug-likeness (QED) is 0.220. The lowest BCUT2D eigenvalue weighted by Gasteiger charge is -2.21. The second-order valence-corrected chi connectivity index (χ2v) is 9.63. The van der Waals surface area contributed by atoms with Gasteiger partial charge < -0.3 is 9.63 Å². The van der Waals surface area contributed by atoms with Crippen molar-refractivity contribution < 1.29 is 9.63 Å². The Bertz CT molecular complexity index is 1500. The fourth-order valence-corrected chi connectivity index (χ4v) is 4.71. The molecule has 1 aromatic heterocycles. The molecule has 0 aliphatic carbocycles. The lowest BCUT2D eigenvalue weighted by atomic mass is 9.89. The van der Waals surface area contributed by atoms with E-state index in [-0.39, 0.29) is 5.56 Å². The molecule has 0 N–H and O–H groups in total. The van der Waals surface area contributed by atoms with E-state index in [1.807, 2.05) is 67.6 Å². The SMILES string of the molecule is CC1(c2ccccc2)CC(c2ccc3c(=O)n(-c4ccc(Cl)cc4)c(CCCCC=O)nc3c2)=NO1. The van der Waals surface area contributed by atoms with E-state index in [1.165, 1.54) is 0 Å². The predicted molar refractivity (Wildman–Crippen MR) is 142 cm³/mol. The summed E-state index contributed by atoms with van der Waals surface area (Å²) in [5.41, 5.74) is 3.40. The van der Waals surface area contributed by atoms with Crippen LogP contribution in [0, 0.1) is 0 Å². The molecule has 36 heavy (non-hydrogen) atoms. The molecule has 0 fully saturated rings. The summed E-state index contributed by atoms with van der Waals surface area (Å²) < 4.78 is 1.64. The van der Waals surface area contributed by atoms with E-state index in [0.717, 1.165) is 36.0 Å². The van der Waals surface area contributed by atoms with Crippen LogP contribution in [0.3, 0.4) is 0 Å². The van der Waals surface area contributed by atoms with Gasteiger partial charge in [-0.15, -0.1) is 0 Å². The minimum atomic E-state index is -0.541. The zero-order valence-corrected chi connectivity index (χ0v) is 20.7. The molecule has 0 bridgehead atoms. The van der Waals surface area contributed by atoms with Crippen LogP contribution >= 0.6 is 11.6 Å². The Balaban J connectivity index is 1.53. The normalized spacial score (nSPS) is 17.1. The van der Waals surface area contributed by atoms with Crippen LogP contribution in [0.25, 0.3) is 16.6 Å². The summed E-state index contributed by atoms with van der Waals surface area (Å²) in [5.74, 6) is 0.650. The number of unbranched alkanes of at least 4 members (excludes halogenated alkanes) is 2. The number of aromatic nitrogens is 2. The molecule has 182 valence electrons. The number of hydrogen-bond acceptors (Lipinski definition) is 5. The van der Waals surface area contributed by atoms with Gasteiger partial charge in [-0.1, -0.05) is 53.2 Å². The van der Waals surface area contributed by atoms with Crippen molar-refractivity contribution >= 4 is 34.5 Å². The third-order valence-corrected chi connectivity index (χ3v) is 6.83. The summed E-state index contributed by atoms with van der Waals surface area (Å²) in [6.07, 6.45) is 4.08. The Labute approximate surface area is 214 Å². The van der Waals surface area contributed by atoms with Gasteiger partial charge in [0.25, 0.3) is 5.56 Å². The summed E-state index contributed by atoms with van der Waals surface area (Å²) in [6, 6.07) is 22.8. The standard InChI is InChI=1S/C29H26ClN3O3/c1-29(21-8-4-2-5-9-21)19-26(32-36-29)20-11-16-24-25(18-20)31-27(10-6-3-7-17-34)33(28(24)35)23-14-12-22(30)13-15-23/h2,4-5,8-9,11-18H,3,6-7,10,19H2,1H3. The van der Waals surface area contributed by atoms with Crippen LogP contribution in [-0.4, -0.2) is 21.5 Å². The Morgan fingerprint density at radius 1 is 1.06 bits per heavy atom. The third kappa shape index (κ3) is 4.69. The number of fused-ring (bicyclic) bond motifs is 1. The predicted octanol–water partition coefficient (Wildman–Crippen LogP) is 5.99. The molecule has 4 aromatic rings. The average Bonchev–Trinajstić information content (AvgIpc) is 3.31. The number of carbonyl (C=O) groups excluding carboxylic acids is 1. The summed E-state index contributed by atoms with van der Waals surface area (Å²) in [6.45, 7) is 2.03. The van der Waals surface area contributed by atoms with Gasteiger partial charge in [-0.05, 0) is 61.7 Å². The fourth-order valence-electron chi connectivity index (χ4n) is 4.59. The number of carbonyl (C=O) groups is 1. The van der Waals surface area contributed by atoms with Crippen molar-refractivity contribution in [2.24, 2.45) is 5.16 Å². The minimum Gasteiger partial charge on any atom is -0.384 e. The number of nitrogens with zero attached hydrogens (tertiary/aromatic N) is 3. The minimum absolute atomic E-state index is 0.141. The van der Waals surface area contributed by atoms with Crippen LogP contribution < -0.4 is 5.56 Å². The van der Waals surface area contributed by atoms with Crippen molar-refractivity contribution in [2.45, 2.75) is 44.6 Å². The smallest absolute Gasteiger partial charge is 0.265 e. The monoisotopic (exact) mass is 499 g/mol. The molecule has 1 aliphatic heterocycles. The highest BCUT2D eigenvalue weighted by Crippen LogP contribution is 2.36. The lowest BCUT2D eigenvalue weighted by Crippen LogP contribution is -2.24. The number of benzene rings is 3. The van der Waals surface area contributed by atoms with Gasteiger partial charge in [0, 0.05) is 29.8 Å². The molecule has 1 aliphatic rings. The fraction of sp³-hybridized carbons (Fsp3) is 0.241. The molecule has 3 aromatic carbocycles. The van der Waals surface area contributed by atoms with Gasteiger partial charge >= 0.3 is 0 Å². The van der Waals surface area contributed by atoms with Crippen LogP contribution in [0.4, 0.5) is 0 Å². The van der Waals surface area contributed by atoms with Gasteiger partial charge in [0.15, 0.2) is 5.60 Å². The maximum Gasteiger partial charge on any atom is 0.265 e. The molecule has 1 atom stereocenters. The van der Waals surface area contributed by atoms with Crippen LogP contribution in [0.1, 0.15) is 49.6 Å². The van der Waals surface area contributed by atoms with Gasteiger partial charge in [0.1, 0.15) is 12.1 Å². The highest BCUT2D eigenvalue weighted by atomic mass is 35.5. The second-order valence-electron chi connectivity index (χ2n) is 9.19.